The van der Waals surface area contributed by atoms with Crippen LogP contribution in [0.25, 0.3) is 11.0 Å². The molecule has 6 heteroatoms. The Morgan fingerprint density at radius 1 is 1.42 bits per heavy atom. The van der Waals surface area contributed by atoms with Crippen molar-refractivity contribution in [1.82, 2.24) is 19.7 Å². The van der Waals surface area contributed by atoms with E-state index in [1.54, 1.807) is 12.4 Å². The minimum absolute atomic E-state index is 0.536. The molecule has 5 nitrogen and oxygen atoms in total. The zero-order valence-electron chi connectivity index (χ0n) is 10.5. The van der Waals surface area contributed by atoms with Crippen LogP contribution in [0.4, 0.5) is 0 Å². The summed E-state index contributed by atoms with van der Waals surface area (Å²) in [7, 11) is 0. The van der Waals surface area contributed by atoms with E-state index >= 15 is 0 Å². The van der Waals surface area contributed by atoms with Crippen molar-refractivity contribution in [2.75, 3.05) is 5.88 Å². The lowest BCUT2D eigenvalue weighted by Crippen LogP contribution is -2.06. The fourth-order valence-corrected chi connectivity index (χ4v) is 2.31. The minimum Gasteiger partial charge on any atom is -0.361 e. The Bertz CT molecular complexity index is 704. The maximum atomic E-state index is 5.84. The SMILES string of the molecule is Cc1cc(Cn2c(CCCl)nc3cnccc32)no1. The summed E-state index contributed by atoms with van der Waals surface area (Å²) in [5.74, 6) is 2.29. The van der Waals surface area contributed by atoms with Crippen LogP contribution in [0.1, 0.15) is 17.3 Å². The number of hydrogen-bond acceptors (Lipinski definition) is 4. The monoisotopic (exact) mass is 276 g/mol. The topological polar surface area (TPSA) is 56.7 Å². The van der Waals surface area contributed by atoms with E-state index in [2.05, 4.69) is 19.7 Å². The van der Waals surface area contributed by atoms with Crippen LogP contribution in [-0.4, -0.2) is 25.6 Å². The van der Waals surface area contributed by atoms with E-state index < -0.39 is 0 Å². The molecule has 0 aliphatic heterocycles. The van der Waals surface area contributed by atoms with Crippen LogP contribution < -0.4 is 0 Å². The number of aryl methyl sites for hydroxylation is 2. The van der Waals surface area contributed by atoms with Crippen LogP contribution >= 0.6 is 11.6 Å². The van der Waals surface area contributed by atoms with Gasteiger partial charge >= 0.3 is 0 Å². The molecule has 98 valence electrons. The number of fused-ring (bicyclic) bond motifs is 1. The van der Waals surface area contributed by atoms with Crippen molar-refractivity contribution >= 4 is 22.6 Å². The van der Waals surface area contributed by atoms with Crippen LogP contribution in [0.15, 0.2) is 29.0 Å². The Morgan fingerprint density at radius 3 is 3.05 bits per heavy atom. The third-order valence-electron chi connectivity index (χ3n) is 2.94. The molecule has 0 unspecified atom stereocenters. The first-order valence-electron chi connectivity index (χ1n) is 6.05. The summed E-state index contributed by atoms with van der Waals surface area (Å²) in [5, 5.41) is 4.03. The lowest BCUT2D eigenvalue weighted by atomic mass is 10.3. The molecule has 0 saturated heterocycles. The van der Waals surface area contributed by atoms with Crippen molar-refractivity contribution in [3.63, 3.8) is 0 Å². The summed E-state index contributed by atoms with van der Waals surface area (Å²) in [6.45, 7) is 2.51. The van der Waals surface area contributed by atoms with Crippen molar-refractivity contribution in [3.8, 4) is 0 Å². The van der Waals surface area contributed by atoms with Gasteiger partial charge in [0.15, 0.2) is 0 Å². The Kier molecular flexibility index (Phi) is 3.21. The second kappa shape index (κ2) is 5.01. The number of nitrogens with zero attached hydrogens (tertiary/aromatic N) is 4. The van der Waals surface area contributed by atoms with Gasteiger partial charge in [0.05, 0.1) is 18.3 Å². The first-order valence-corrected chi connectivity index (χ1v) is 6.58. The van der Waals surface area contributed by atoms with E-state index in [9.17, 15) is 0 Å². The van der Waals surface area contributed by atoms with Crippen molar-refractivity contribution in [3.05, 3.63) is 41.8 Å². The summed E-state index contributed by atoms with van der Waals surface area (Å²) in [4.78, 5) is 8.66. The predicted molar refractivity (Wildman–Crippen MR) is 72.3 cm³/mol. The Hall–Kier alpha value is -1.88. The van der Waals surface area contributed by atoms with E-state index in [4.69, 9.17) is 16.1 Å². The first kappa shape index (κ1) is 12.2. The Balaban J connectivity index is 2.06. The van der Waals surface area contributed by atoms with Gasteiger partial charge in [0.25, 0.3) is 0 Å². The number of imidazole rings is 1. The normalized spacial score (nSPS) is 11.3. The fourth-order valence-electron chi connectivity index (χ4n) is 2.14. The number of rotatable bonds is 4. The summed E-state index contributed by atoms with van der Waals surface area (Å²) in [6.07, 6.45) is 4.24. The minimum atomic E-state index is 0.536. The lowest BCUT2D eigenvalue weighted by molar-refractivity contribution is 0.389. The van der Waals surface area contributed by atoms with E-state index in [1.807, 2.05) is 19.1 Å². The van der Waals surface area contributed by atoms with Crippen LogP contribution in [0.2, 0.25) is 0 Å². The standard InChI is InChI=1S/C13H13ClN4O/c1-9-6-10(17-19-9)8-18-12-3-5-15-7-11(12)16-13(18)2-4-14/h3,5-7H,2,4,8H2,1H3. The Labute approximate surface area is 115 Å². The van der Waals surface area contributed by atoms with Crippen molar-refractivity contribution in [2.45, 2.75) is 19.9 Å². The Morgan fingerprint density at radius 2 is 2.32 bits per heavy atom. The van der Waals surface area contributed by atoms with Crippen molar-refractivity contribution in [2.24, 2.45) is 0 Å². The van der Waals surface area contributed by atoms with Gasteiger partial charge in [0.2, 0.25) is 0 Å². The highest BCUT2D eigenvalue weighted by molar-refractivity contribution is 6.17. The van der Waals surface area contributed by atoms with E-state index in [-0.39, 0.29) is 0 Å². The average molecular weight is 277 g/mol. The zero-order chi connectivity index (χ0) is 13.2. The van der Waals surface area contributed by atoms with Gasteiger partial charge in [-0.25, -0.2) is 4.98 Å². The van der Waals surface area contributed by atoms with Gasteiger partial charge in [-0.3, -0.25) is 4.98 Å². The second-order valence-electron chi connectivity index (χ2n) is 4.35. The molecule has 0 radical (unpaired) electrons. The molecule has 0 aromatic carbocycles. The molecule has 0 aliphatic carbocycles. The zero-order valence-corrected chi connectivity index (χ0v) is 11.3. The molecule has 3 rings (SSSR count). The molecule has 3 aromatic heterocycles. The highest BCUT2D eigenvalue weighted by Gasteiger charge is 2.12. The summed E-state index contributed by atoms with van der Waals surface area (Å²) < 4.78 is 7.21. The average Bonchev–Trinajstić information content (AvgIpc) is 2.96. The van der Waals surface area contributed by atoms with Gasteiger partial charge in [0, 0.05) is 24.6 Å². The molecule has 3 aromatic rings. The molecule has 0 atom stereocenters. The molecule has 0 N–H and O–H groups in total. The van der Waals surface area contributed by atoms with E-state index in [0.717, 1.165) is 28.3 Å². The third-order valence-corrected chi connectivity index (χ3v) is 3.13. The summed E-state index contributed by atoms with van der Waals surface area (Å²) in [5.41, 5.74) is 2.79. The van der Waals surface area contributed by atoms with Crippen LogP contribution in [0.5, 0.6) is 0 Å². The van der Waals surface area contributed by atoms with E-state index in [1.165, 1.54) is 0 Å². The predicted octanol–water partition coefficient (Wildman–Crippen LogP) is 2.56. The summed E-state index contributed by atoms with van der Waals surface area (Å²) in [6, 6.07) is 3.88. The number of hydrogen-bond donors (Lipinski definition) is 0. The molecule has 0 fully saturated rings. The number of pyridine rings is 1. The van der Waals surface area contributed by atoms with Gasteiger partial charge in [0.1, 0.15) is 22.8 Å². The second-order valence-corrected chi connectivity index (χ2v) is 4.72. The molecule has 0 bridgehead atoms. The highest BCUT2D eigenvalue weighted by atomic mass is 35.5. The van der Waals surface area contributed by atoms with Gasteiger partial charge in [-0.15, -0.1) is 11.6 Å². The van der Waals surface area contributed by atoms with Gasteiger partial charge < -0.3 is 9.09 Å². The molecule has 19 heavy (non-hydrogen) atoms. The smallest absolute Gasteiger partial charge is 0.133 e. The molecule has 0 saturated carbocycles. The number of aromatic nitrogens is 4. The van der Waals surface area contributed by atoms with Gasteiger partial charge in [-0.05, 0) is 13.0 Å². The third kappa shape index (κ3) is 2.33. The molecule has 0 spiro atoms. The molecule has 0 amide bonds. The molecule has 3 heterocycles. The summed E-state index contributed by atoms with van der Waals surface area (Å²) >= 11 is 5.84. The largest absolute Gasteiger partial charge is 0.361 e. The maximum Gasteiger partial charge on any atom is 0.133 e. The fraction of sp³-hybridized carbons (Fsp3) is 0.308. The van der Waals surface area contributed by atoms with Crippen LogP contribution in [0, 0.1) is 6.92 Å². The first-order chi connectivity index (χ1) is 9.28. The highest BCUT2D eigenvalue weighted by Crippen LogP contribution is 2.17. The maximum absolute atomic E-state index is 5.84. The van der Waals surface area contributed by atoms with Gasteiger partial charge in [-0.1, -0.05) is 5.16 Å². The van der Waals surface area contributed by atoms with Crippen molar-refractivity contribution < 1.29 is 4.52 Å². The quantitative estimate of drug-likeness (QED) is 0.687. The van der Waals surface area contributed by atoms with Crippen LogP contribution in [0.3, 0.4) is 0 Å². The van der Waals surface area contributed by atoms with E-state index in [0.29, 0.717) is 18.8 Å². The lowest BCUT2D eigenvalue weighted by Gasteiger charge is -2.05. The van der Waals surface area contributed by atoms with Crippen LogP contribution in [-0.2, 0) is 13.0 Å². The molecule has 0 aliphatic rings. The molecular formula is C13H13ClN4O. The molecular weight excluding hydrogens is 264 g/mol. The number of halogens is 1. The number of alkyl halides is 1. The van der Waals surface area contributed by atoms with Gasteiger partial charge in [-0.2, -0.15) is 0 Å². The van der Waals surface area contributed by atoms with Crippen molar-refractivity contribution in [1.29, 1.82) is 0 Å².